The van der Waals surface area contributed by atoms with Crippen LogP contribution < -0.4 is 4.31 Å². The van der Waals surface area contributed by atoms with Gasteiger partial charge in [0.25, 0.3) is 0 Å². The molecule has 8 nitrogen and oxygen atoms in total. The van der Waals surface area contributed by atoms with Crippen LogP contribution in [0.15, 0.2) is 40.2 Å². The lowest BCUT2D eigenvalue weighted by Crippen LogP contribution is -2.43. The zero-order valence-corrected chi connectivity index (χ0v) is 19.0. The highest BCUT2D eigenvalue weighted by Gasteiger charge is 2.26. The average Bonchev–Trinajstić information content (AvgIpc) is 3.35. The summed E-state index contributed by atoms with van der Waals surface area (Å²) in [6.45, 7) is 5.65. The molecule has 0 saturated carbocycles. The van der Waals surface area contributed by atoms with Crippen LogP contribution in [0.2, 0.25) is 0 Å². The van der Waals surface area contributed by atoms with Crippen molar-refractivity contribution in [2.75, 3.05) is 23.7 Å². The van der Waals surface area contributed by atoms with Crippen molar-refractivity contribution >= 4 is 33.0 Å². The minimum absolute atomic E-state index is 0.109. The minimum atomic E-state index is -3.66. The maximum atomic E-state index is 13.0. The molecule has 3 aromatic rings. The third kappa shape index (κ3) is 4.88. The molecule has 0 N–H and O–H groups in total. The van der Waals surface area contributed by atoms with Crippen LogP contribution in [0.4, 0.5) is 5.69 Å². The highest BCUT2D eigenvalue weighted by Crippen LogP contribution is 2.27. The third-order valence-corrected chi connectivity index (χ3v) is 6.62. The summed E-state index contributed by atoms with van der Waals surface area (Å²) < 4.78 is 31.4. The number of carbonyl (C=O) groups excluding carboxylic acids is 1. The summed E-state index contributed by atoms with van der Waals surface area (Å²) in [6, 6.07) is 9.29. The van der Waals surface area contributed by atoms with Gasteiger partial charge in [-0.3, -0.25) is 9.10 Å². The van der Waals surface area contributed by atoms with Gasteiger partial charge in [-0.1, -0.05) is 29.4 Å². The Morgan fingerprint density at radius 1 is 1.17 bits per heavy atom. The van der Waals surface area contributed by atoms with E-state index in [-0.39, 0.29) is 19.0 Å². The van der Waals surface area contributed by atoms with Crippen molar-refractivity contribution in [2.24, 2.45) is 0 Å². The van der Waals surface area contributed by atoms with E-state index in [1.54, 1.807) is 0 Å². The lowest BCUT2D eigenvalue weighted by atomic mass is 10.1. The van der Waals surface area contributed by atoms with Crippen molar-refractivity contribution in [1.29, 1.82) is 0 Å². The largest absolute Gasteiger partial charge is 0.337 e. The van der Waals surface area contributed by atoms with E-state index in [4.69, 9.17) is 4.52 Å². The Morgan fingerprint density at radius 2 is 1.87 bits per heavy atom. The van der Waals surface area contributed by atoms with Crippen molar-refractivity contribution in [3.05, 3.63) is 52.7 Å². The van der Waals surface area contributed by atoms with E-state index in [1.807, 2.05) is 56.5 Å². The predicted molar refractivity (Wildman–Crippen MR) is 117 cm³/mol. The van der Waals surface area contributed by atoms with E-state index >= 15 is 0 Å². The summed E-state index contributed by atoms with van der Waals surface area (Å²) in [7, 11) is -3.66. The third-order valence-electron chi connectivity index (χ3n) is 4.64. The fraction of sp³-hybridized carbons (Fsp3) is 0.350. The van der Waals surface area contributed by atoms with E-state index in [0.29, 0.717) is 23.9 Å². The molecule has 160 valence electrons. The van der Waals surface area contributed by atoms with Gasteiger partial charge in [-0.05, 0) is 43.3 Å². The van der Waals surface area contributed by atoms with Gasteiger partial charge in [0, 0.05) is 6.54 Å². The number of amides is 1. The highest BCUT2D eigenvalue weighted by atomic mass is 32.2. The first-order chi connectivity index (χ1) is 14.2. The summed E-state index contributed by atoms with van der Waals surface area (Å²) in [5.41, 5.74) is 2.10. The normalized spacial score (nSPS) is 11.5. The Hall–Kier alpha value is -2.72. The molecular formula is C20H24N4O4S2. The standard InChI is InChI=1S/C20H24N4O4S2/c1-5-23(12-17-21-20(22-28-17)16-10-7-11-29-16)18(25)13-24(30(4,26)27)19-14(2)8-6-9-15(19)3/h6-11H,5,12-13H2,1-4H3. The van der Waals surface area contributed by atoms with Crippen molar-refractivity contribution in [3.63, 3.8) is 0 Å². The van der Waals surface area contributed by atoms with E-state index in [0.717, 1.165) is 26.6 Å². The second kappa shape index (κ2) is 8.97. The fourth-order valence-corrected chi connectivity index (χ4v) is 4.76. The fourth-order valence-electron chi connectivity index (χ4n) is 3.15. The van der Waals surface area contributed by atoms with Crippen molar-refractivity contribution in [2.45, 2.75) is 27.3 Å². The van der Waals surface area contributed by atoms with Crippen molar-refractivity contribution < 1.29 is 17.7 Å². The molecule has 30 heavy (non-hydrogen) atoms. The Labute approximate surface area is 180 Å². The topological polar surface area (TPSA) is 96.6 Å². The lowest BCUT2D eigenvalue weighted by molar-refractivity contribution is -0.130. The molecule has 2 aromatic heterocycles. The zero-order valence-electron chi connectivity index (χ0n) is 17.3. The maximum absolute atomic E-state index is 13.0. The summed E-state index contributed by atoms with van der Waals surface area (Å²) in [6.07, 6.45) is 1.10. The predicted octanol–water partition coefficient (Wildman–Crippen LogP) is 3.23. The van der Waals surface area contributed by atoms with Crippen LogP contribution >= 0.6 is 11.3 Å². The number of aromatic nitrogens is 2. The van der Waals surface area contributed by atoms with Crippen LogP contribution in [-0.2, 0) is 21.4 Å². The van der Waals surface area contributed by atoms with Gasteiger partial charge in [0.1, 0.15) is 13.1 Å². The molecule has 0 aliphatic carbocycles. The molecule has 0 aliphatic rings. The number of anilines is 1. The van der Waals surface area contributed by atoms with Crippen molar-refractivity contribution in [3.8, 4) is 10.7 Å². The number of likely N-dealkylation sites (N-methyl/N-ethyl adjacent to an activating group) is 1. The first-order valence-corrected chi connectivity index (χ1v) is 12.1. The van der Waals surface area contributed by atoms with Crippen LogP contribution in [0.5, 0.6) is 0 Å². The van der Waals surface area contributed by atoms with E-state index in [1.165, 1.54) is 16.2 Å². The number of aryl methyl sites for hydroxylation is 2. The molecule has 0 aliphatic heterocycles. The lowest BCUT2D eigenvalue weighted by Gasteiger charge is -2.28. The molecule has 2 heterocycles. The number of hydrogen-bond acceptors (Lipinski definition) is 7. The molecule has 0 radical (unpaired) electrons. The molecule has 0 atom stereocenters. The Balaban J connectivity index is 1.80. The van der Waals surface area contributed by atoms with Gasteiger partial charge in [-0.2, -0.15) is 4.98 Å². The first-order valence-electron chi connectivity index (χ1n) is 9.39. The molecule has 0 spiro atoms. The number of carbonyl (C=O) groups is 1. The van der Waals surface area contributed by atoms with Crippen LogP contribution in [0, 0.1) is 13.8 Å². The molecule has 10 heteroatoms. The first kappa shape index (κ1) is 22.0. The number of nitrogens with zero attached hydrogens (tertiary/aromatic N) is 4. The molecule has 0 unspecified atom stereocenters. The zero-order chi connectivity index (χ0) is 21.9. The number of rotatable bonds is 8. The maximum Gasteiger partial charge on any atom is 0.246 e. The molecule has 0 fully saturated rings. The quantitative estimate of drug-likeness (QED) is 0.525. The Kier molecular flexibility index (Phi) is 6.57. The number of sulfonamides is 1. The Morgan fingerprint density at radius 3 is 2.43 bits per heavy atom. The van der Waals surface area contributed by atoms with Gasteiger partial charge in [0.2, 0.25) is 27.6 Å². The number of hydrogen-bond donors (Lipinski definition) is 0. The van der Waals surface area contributed by atoms with Crippen LogP contribution in [-0.4, -0.2) is 48.7 Å². The van der Waals surface area contributed by atoms with Gasteiger partial charge in [-0.15, -0.1) is 11.3 Å². The second-order valence-corrected chi connectivity index (χ2v) is 9.76. The van der Waals surface area contributed by atoms with E-state index in [2.05, 4.69) is 10.1 Å². The minimum Gasteiger partial charge on any atom is -0.337 e. The van der Waals surface area contributed by atoms with E-state index < -0.39 is 10.0 Å². The molecule has 1 amide bonds. The highest BCUT2D eigenvalue weighted by molar-refractivity contribution is 7.92. The number of para-hydroxylation sites is 1. The number of benzene rings is 1. The van der Waals surface area contributed by atoms with Gasteiger partial charge in [-0.25, -0.2) is 8.42 Å². The second-order valence-electron chi connectivity index (χ2n) is 6.91. The SMILES string of the molecule is CCN(Cc1nc(-c2cccs2)no1)C(=O)CN(c1c(C)cccc1C)S(C)(=O)=O. The summed E-state index contributed by atoms with van der Waals surface area (Å²) in [4.78, 5) is 19.7. The molecule has 3 rings (SSSR count). The number of thiophene rings is 1. The summed E-state index contributed by atoms with van der Waals surface area (Å²) in [5, 5.41) is 5.87. The van der Waals surface area contributed by atoms with Gasteiger partial charge in [0.15, 0.2) is 0 Å². The molecule has 1 aromatic carbocycles. The summed E-state index contributed by atoms with van der Waals surface area (Å²) >= 11 is 1.49. The molecule has 0 saturated heterocycles. The Bertz CT molecular complexity index is 1100. The summed E-state index contributed by atoms with van der Waals surface area (Å²) in [5.74, 6) is 0.421. The van der Waals surface area contributed by atoms with Gasteiger partial charge >= 0.3 is 0 Å². The van der Waals surface area contributed by atoms with E-state index in [9.17, 15) is 13.2 Å². The average molecular weight is 449 g/mol. The van der Waals surface area contributed by atoms with Crippen LogP contribution in [0.1, 0.15) is 23.9 Å². The monoisotopic (exact) mass is 448 g/mol. The van der Waals surface area contributed by atoms with Gasteiger partial charge in [0.05, 0.1) is 16.8 Å². The van der Waals surface area contributed by atoms with Gasteiger partial charge < -0.3 is 9.42 Å². The van der Waals surface area contributed by atoms with Crippen LogP contribution in [0.25, 0.3) is 10.7 Å². The smallest absolute Gasteiger partial charge is 0.246 e. The molecule has 0 bridgehead atoms. The van der Waals surface area contributed by atoms with Crippen molar-refractivity contribution in [1.82, 2.24) is 15.0 Å². The van der Waals surface area contributed by atoms with Crippen LogP contribution in [0.3, 0.4) is 0 Å². The molecular weight excluding hydrogens is 424 g/mol.